The van der Waals surface area contributed by atoms with E-state index in [9.17, 15) is 26.4 Å². The molecule has 0 spiro atoms. The lowest BCUT2D eigenvalue weighted by Gasteiger charge is -2.33. The van der Waals surface area contributed by atoms with E-state index in [4.69, 9.17) is 22.6 Å². The Labute approximate surface area is 269 Å². The molecule has 5 rings (SSSR count). The summed E-state index contributed by atoms with van der Waals surface area (Å²) in [5.41, 5.74) is -0.754. The molecule has 16 nitrogen and oxygen atoms in total. The second-order valence-electron chi connectivity index (χ2n) is 10.7. The quantitative estimate of drug-likeness (QED) is 0.164. The standard InChI is InChI=1S/C29H31N5O11S2/c1-19(35)44-23-24(41-14-20-10-6-4-7-11-20)29(15-42-46(2,37)38,16-43-47(3,39)40)45-28(23)34-18-32-25-22(30-17-31-25)26(34)33-27(36)21-12-8-5-9-13-21/h4-13,17-18,23-24,28H,14-16H2,1-3H3,(H,30,31)/t23-,24+,28?/m1/s1. The summed E-state index contributed by atoms with van der Waals surface area (Å²) in [7, 11) is -8.27. The van der Waals surface area contributed by atoms with E-state index in [0.717, 1.165) is 19.4 Å². The number of rotatable bonds is 12. The molecule has 0 radical (unpaired) electrons. The first-order valence-corrected chi connectivity index (χ1v) is 17.6. The van der Waals surface area contributed by atoms with Crippen molar-refractivity contribution >= 4 is 43.3 Å². The highest BCUT2D eigenvalue weighted by Crippen LogP contribution is 2.42. The van der Waals surface area contributed by atoms with Crippen LogP contribution in [0.3, 0.4) is 0 Å². The van der Waals surface area contributed by atoms with Crippen molar-refractivity contribution in [1.29, 1.82) is 0 Å². The van der Waals surface area contributed by atoms with Crippen LogP contribution >= 0.6 is 0 Å². The van der Waals surface area contributed by atoms with Crippen LogP contribution in [0.25, 0.3) is 11.2 Å². The molecule has 1 aliphatic heterocycles. The lowest BCUT2D eigenvalue weighted by atomic mass is 9.96. The van der Waals surface area contributed by atoms with Gasteiger partial charge in [-0.05, 0) is 17.7 Å². The first-order valence-electron chi connectivity index (χ1n) is 14.0. The fourth-order valence-corrected chi connectivity index (χ4v) is 5.76. The molecule has 3 heterocycles. The predicted octanol–water partition coefficient (Wildman–Crippen LogP) is 1.24. The molecule has 250 valence electrons. The maximum atomic E-state index is 13.3. The van der Waals surface area contributed by atoms with E-state index in [1.165, 1.54) is 17.2 Å². The number of hydrogen-bond donors (Lipinski definition) is 1. The number of imidazole rings is 1. The molecular weight excluding hydrogens is 658 g/mol. The van der Waals surface area contributed by atoms with Gasteiger partial charge in [-0.25, -0.2) is 9.97 Å². The second kappa shape index (κ2) is 13.8. The van der Waals surface area contributed by atoms with Crippen LogP contribution < -0.4 is 5.49 Å². The molecule has 1 N–H and O–H groups in total. The fraction of sp³-hybridized carbons (Fsp3) is 0.345. The number of amides is 1. The molecular formula is C29H31N5O11S2. The highest BCUT2D eigenvalue weighted by Gasteiger charge is 2.60. The topological polar surface area (TPSA) is 207 Å². The van der Waals surface area contributed by atoms with Gasteiger partial charge in [-0.1, -0.05) is 48.5 Å². The van der Waals surface area contributed by atoms with Crippen LogP contribution in [-0.2, 0) is 54.2 Å². The summed E-state index contributed by atoms with van der Waals surface area (Å²) in [5.74, 6) is -1.43. The number of benzene rings is 2. The van der Waals surface area contributed by atoms with E-state index in [1.54, 1.807) is 60.7 Å². The molecule has 0 aliphatic carbocycles. The number of nitrogens with zero attached hydrogens (tertiary/aromatic N) is 4. The molecule has 4 aromatic rings. The van der Waals surface area contributed by atoms with Gasteiger partial charge in [-0.15, -0.1) is 0 Å². The first-order chi connectivity index (χ1) is 22.2. The van der Waals surface area contributed by atoms with Gasteiger partial charge in [0.05, 0.1) is 25.4 Å². The predicted molar refractivity (Wildman–Crippen MR) is 163 cm³/mol. The van der Waals surface area contributed by atoms with Crippen molar-refractivity contribution in [1.82, 2.24) is 19.5 Å². The lowest BCUT2D eigenvalue weighted by molar-refractivity contribution is -0.159. The van der Waals surface area contributed by atoms with Gasteiger partial charge >= 0.3 is 5.97 Å². The van der Waals surface area contributed by atoms with E-state index in [-0.39, 0.29) is 28.8 Å². The number of H-pyrrole nitrogens is 1. The van der Waals surface area contributed by atoms with E-state index in [2.05, 4.69) is 19.9 Å². The minimum Gasteiger partial charge on any atom is -0.455 e. The first kappa shape index (κ1) is 34.0. The molecule has 0 bridgehead atoms. The zero-order valence-corrected chi connectivity index (χ0v) is 27.0. The van der Waals surface area contributed by atoms with Crippen molar-refractivity contribution in [2.45, 2.75) is 37.6 Å². The number of aromatic nitrogens is 4. The van der Waals surface area contributed by atoms with Crippen LogP contribution in [0.1, 0.15) is 29.1 Å². The van der Waals surface area contributed by atoms with Crippen LogP contribution in [0, 0.1) is 0 Å². The summed E-state index contributed by atoms with van der Waals surface area (Å²) in [4.78, 5) is 41.5. The smallest absolute Gasteiger partial charge is 0.303 e. The van der Waals surface area contributed by atoms with Crippen molar-refractivity contribution in [3.63, 3.8) is 0 Å². The van der Waals surface area contributed by atoms with Gasteiger partial charge in [-0.2, -0.15) is 21.8 Å². The number of esters is 1. The van der Waals surface area contributed by atoms with Gasteiger partial charge in [0.1, 0.15) is 31.2 Å². The number of fused-ring (bicyclic) bond motifs is 1. The summed E-state index contributed by atoms with van der Waals surface area (Å²) < 4.78 is 78.8. The molecule has 18 heteroatoms. The zero-order chi connectivity index (χ0) is 33.8. The second-order valence-corrected chi connectivity index (χ2v) is 13.9. The number of carbonyl (C=O) groups excluding carboxylic acids is 2. The molecule has 2 aromatic heterocycles. The van der Waals surface area contributed by atoms with Crippen molar-refractivity contribution < 1.29 is 49.0 Å². The average molecular weight is 690 g/mol. The Hall–Kier alpha value is -4.33. The molecule has 3 atom stereocenters. The molecule has 1 aliphatic rings. The zero-order valence-electron chi connectivity index (χ0n) is 25.4. The Morgan fingerprint density at radius 3 is 2.17 bits per heavy atom. The minimum absolute atomic E-state index is 0.0471. The van der Waals surface area contributed by atoms with E-state index in [0.29, 0.717) is 5.56 Å². The van der Waals surface area contributed by atoms with Crippen LogP contribution in [0.2, 0.25) is 0 Å². The Kier molecular flexibility index (Phi) is 9.99. The van der Waals surface area contributed by atoms with Crippen molar-refractivity contribution in [2.24, 2.45) is 4.99 Å². The number of hydrogen-bond acceptors (Lipinski definition) is 13. The molecule has 1 saturated heterocycles. The van der Waals surface area contributed by atoms with Crippen LogP contribution in [0.4, 0.5) is 0 Å². The Morgan fingerprint density at radius 2 is 1.57 bits per heavy atom. The third kappa shape index (κ3) is 8.34. The van der Waals surface area contributed by atoms with E-state index in [1.807, 2.05) is 0 Å². The normalized spacial score (nSPS) is 20.0. The molecule has 1 amide bonds. The molecule has 0 saturated carbocycles. The summed E-state index contributed by atoms with van der Waals surface area (Å²) in [6, 6.07) is 17.0. The van der Waals surface area contributed by atoms with Gasteiger partial charge in [-0.3, -0.25) is 22.5 Å². The lowest BCUT2D eigenvalue weighted by Crippen LogP contribution is -2.53. The van der Waals surface area contributed by atoms with Gasteiger partial charge in [0, 0.05) is 12.5 Å². The fourth-order valence-electron chi connectivity index (χ4n) is 4.94. The van der Waals surface area contributed by atoms with E-state index < -0.39 is 69.4 Å². The number of carbonyl (C=O) groups is 2. The molecule has 2 aromatic carbocycles. The molecule has 1 fully saturated rings. The SMILES string of the molecule is CC(=O)O[C@H]1C(n2cnc3nc[nH]c3c2=NC(=O)c2ccccc2)OC(COS(C)(=O)=O)(COS(C)(=O)=O)[C@H]1OCc1ccccc1. The van der Waals surface area contributed by atoms with Crippen molar-refractivity contribution in [3.8, 4) is 0 Å². The molecule has 47 heavy (non-hydrogen) atoms. The summed E-state index contributed by atoms with van der Waals surface area (Å²) in [6.45, 7) is -0.600. The minimum atomic E-state index is -4.14. The number of nitrogens with one attached hydrogen (secondary N) is 1. The highest BCUT2D eigenvalue weighted by molar-refractivity contribution is 7.86. The summed E-state index contributed by atoms with van der Waals surface area (Å²) in [5, 5.41) is 0. The van der Waals surface area contributed by atoms with Gasteiger partial charge in [0.25, 0.3) is 26.1 Å². The Balaban J connectivity index is 1.70. The average Bonchev–Trinajstić information content (AvgIpc) is 3.61. The molecule has 1 unspecified atom stereocenters. The maximum absolute atomic E-state index is 13.3. The third-order valence-electron chi connectivity index (χ3n) is 6.96. The summed E-state index contributed by atoms with van der Waals surface area (Å²) >= 11 is 0. The van der Waals surface area contributed by atoms with Crippen LogP contribution in [0.15, 0.2) is 78.3 Å². The number of aromatic amines is 1. The van der Waals surface area contributed by atoms with Crippen molar-refractivity contribution in [2.75, 3.05) is 25.7 Å². The van der Waals surface area contributed by atoms with Gasteiger partial charge in [0.15, 0.2) is 29.1 Å². The Bertz CT molecular complexity index is 2000. The summed E-state index contributed by atoms with van der Waals surface area (Å²) in [6.07, 6.45) is -0.119. The monoisotopic (exact) mass is 689 g/mol. The third-order valence-corrected chi connectivity index (χ3v) is 8.05. The number of ether oxygens (including phenoxy) is 3. The highest BCUT2D eigenvalue weighted by atomic mass is 32.2. The van der Waals surface area contributed by atoms with Gasteiger partial charge in [0.2, 0.25) is 0 Å². The van der Waals surface area contributed by atoms with Crippen molar-refractivity contribution in [3.05, 3.63) is 89.9 Å². The van der Waals surface area contributed by atoms with Crippen LogP contribution in [-0.4, -0.2) is 91.8 Å². The Morgan fingerprint density at radius 1 is 0.957 bits per heavy atom. The van der Waals surface area contributed by atoms with E-state index >= 15 is 0 Å². The maximum Gasteiger partial charge on any atom is 0.303 e. The van der Waals surface area contributed by atoms with Crippen LogP contribution in [0.5, 0.6) is 0 Å². The largest absolute Gasteiger partial charge is 0.455 e. The van der Waals surface area contributed by atoms with Gasteiger partial charge < -0.3 is 19.2 Å².